The maximum absolute atomic E-state index is 11.9. The molecule has 0 spiro atoms. The van der Waals surface area contributed by atoms with Gasteiger partial charge in [0.05, 0.1) is 0 Å². The third-order valence-corrected chi connectivity index (χ3v) is 3.59. The average molecular weight is 384 g/mol. The van der Waals surface area contributed by atoms with Crippen LogP contribution in [0.15, 0.2) is 53.8 Å². The molecule has 0 aliphatic heterocycles. The van der Waals surface area contributed by atoms with Crippen molar-refractivity contribution in [2.75, 3.05) is 13.2 Å². The first-order valence-electron chi connectivity index (χ1n) is 7.91. The predicted octanol–water partition coefficient (Wildman–Crippen LogP) is 1.34. The number of benzene rings is 1. The standard InChI is InChI=1S/C17H16N6O3S/c1-2-8-18-17(27)22-21-12(24)9-25-15-13-14(11-6-4-3-5-7-11)23-26-16(13)20-10-19-15/h2-7,10H,1,8-9H2,(H,21,24)(H2,18,22,27). The van der Waals surface area contributed by atoms with Gasteiger partial charge in [0.25, 0.3) is 11.6 Å². The number of nitrogens with zero attached hydrogens (tertiary/aromatic N) is 3. The summed E-state index contributed by atoms with van der Waals surface area (Å²) in [6.45, 7) is 3.75. The van der Waals surface area contributed by atoms with E-state index in [9.17, 15) is 4.79 Å². The van der Waals surface area contributed by atoms with E-state index in [1.54, 1.807) is 6.08 Å². The van der Waals surface area contributed by atoms with Crippen LogP contribution in [0.3, 0.4) is 0 Å². The van der Waals surface area contributed by atoms with Gasteiger partial charge in [0.1, 0.15) is 17.4 Å². The van der Waals surface area contributed by atoms with Crippen LogP contribution in [-0.4, -0.2) is 39.3 Å². The van der Waals surface area contributed by atoms with Crippen molar-refractivity contribution in [1.82, 2.24) is 31.3 Å². The summed E-state index contributed by atoms with van der Waals surface area (Å²) in [4.78, 5) is 20.1. The zero-order valence-electron chi connectivity index (χ0n) is 14.1. The second kappa shape index (κ2) is 8.72. The fraction of sp³-hybridized carbons (Fsp3) is 0.118. The smallest absolute Gasteiger partial charge is 0.276 e. The minimum Gasteiger partial charge on any atom is -0.467 e. The monoisotopic (exact) mass is 384 g/mol. The van der Waals surface area contributed by atoms with E-state index < -0.39 is 5.91 Å². The molecule has 1 amide bonds. The highest BCUT2D eigenvalue weighted by Gasteiger charge is 2.18. The van der Waals surface area contributed by atoms with E-state index in [1.165, 1.54) is 6.33 Å². The topological polar surface area (TPSA) is 114 Å². The summed E-state index contributed by atoms with van der Waals surface area (Å²) in [5.41, 5.74) is 6.59. The lowest BCUT2D eigenvalue weighted by Gasteiger charge is -2.11. The molecule has 0 unspecified atom stereocenters. The van der Waals surface area contributed by atoms with Crippen LogP contribution in [0.2, 0.25) is 0 Å². The number of fused-ring (bicyclic) bond motifs is 1. The molecule has 3 N–H and O–H groups in total. The summed E-state index contributed by atoms with van der Waals surface area (Å²) in [6.07, 6.45) is 2.92. The Balaban J connectivity index is 1.68. The van der Waals surface area contributed by atoms with Gasteiger partial charge in [0, 0.05) is 12.1 Å². The van der Waals surface area contributed by atoms with Crippen molar-refractivity contribution in [2.24, 2.45) is 0 Å². The van der Waals surface area contributed by atoms with Gasteiger partial charge in [-0.3, -0.25) is 15.6 Å². The number of aromatic nitrogens is 3. The van der Waals surface area contributed by atoms with Crippen molar-refractivity contribution >= 4 is 34.3 Å². The Morgan fingerprint density at radius 3 is 2.85 bits per heavy atom. The van der Waals surface area contributed by atoms with Gasteiger partial charge in [0.15, 0.2) is 11.7 Å². The minimum atomic E-state index is -0.442. The Kier molecular flexibility index (Phi) is 5.90. The predicted molar refractivity (Wildman–Crippen MR) is 103 cm³/mol. The molecule has 0 bridgehead atoms. The van der Waals surface area contributed by atoms with E-state index in [-0.39, 0.29) is 23.3 Å². The molecule has 3 rings (SSSR count). The lowest BCUT2D eigenvalue weighted by Crippen LogP contribution is -2.48. The van der Waals surface area contributed by atoms with Crippen molar-refractivity contribution < 1.29 is 14.1 Å². The van der Waals surface area contributed by atoms with E-state index in [0.29, 0.717) is 17.6 Å². The fourth-order valence-electron chi connectivity index (χ4n) is 2.17. The van der Waals surface area contributed by atoms with Crippen LogP contribution >= 0.6 is 12.2 Å². The van der Waals surface area contributed by atoms with E-state index in [0.717, 1.165) is 5.56 Å². The lowest BCUT2D eigenvalue weighted by atomic mass is 10.1. The number of thiocarbonyl (C=S) groups is 1. The second-order valence-corrected chi connectivity index (χ2v) is 5.62. The first-order valence-corrected chi connectivity index (χ1v) is 8.32. The number of nitrogens with one attached hydrogen (secondary N) is 3. The van der Waals surface area contributed by atoms with Crippen LogP contribution in [-0.2, 0) is 4.79 Å². The SMILES string of the molecule is C=CCNC(=S)NNC(=O)COc1ncnc2onc(-c3ccccc3)c12. The molecule has 0 saturated carbocycles. The Hall–Kier alpha value is -3.53. The molecule has 0 aliphatic rings. The number of carbonyl (C=O) groups excluding carboxylic acids is 1. The molecule has 9 nitrogen and oxygen atoms in total. The molecule has 3 aromatic rings. The maximum Gasteiger partial charge on any atom is 0.276 e. The molecular formula is C17H16N6O3S. The van der Waals surface area contributed by atoms with E-state index >= 15 is 0 Å². The van der Waals surface area contributed by atoms with E-state index in [4.69, 9.17) is 21.5 Å². The first-order chi connectivity index (χ1) is 13.2. The number of rotatable bonds is 6. The summed E-state index contributed by atoms with van der Waals surface area (Å²) in [6, 6.07) is 9.40. The largest absolute Gasteiger partial charge is 0.467 e. The highest BCUT2D eigenvalue weighted by Crippen LogP contribution is 2.32. The fourth-order valence-corrected chi connectivity index (χ4v) is 2.30. The lowest BCUT2D eigenvalue weighted by molar-refractivity contribution is -0.123. The molecule has 2 aromatic heterocycles. The highest BCUT2D eigenvalue weighted by molar-refractivity contribution is 7.80. The first kappa shape index (κ1) is 18.3. The zero-order valence-corrected chi connectivity index (χ0v) is 15.0. The minimum absolute atomic E-state index is 0.197. The number of amides is 1. The summed E-state index contributed by atoms with van der Waals surface area (Å²) >= 11 is 4.97. The van der Waals surface area contributed by atoms with Gasteiger partial charge in [-0.15, -0.1) is 6.58 Å². The maximum atomic E-state index is 11.9. The Morgan fingerprint density at radius 2 is 2.07 bits per heavy atom. The molecule has 0 fully saturated rings. The van der Waals surface area contributed by atoms with Gasteiger partial charge in [-0.1, -0.05) is 41.6 Å². The molecule has 0 aliphatic carbocycles. The average Bonchev–Trinajstić information content (AvgIpc) is 3.14. The number of hydrogen-bond donors (Lipinski definition) is 3. The van der Waals surface area contributed by atoms with E-state index in [2.05, 4.69) is 37.9 Å². The van der Waals surface area contributed by atoms with Crippen LogP contribution in [0, 0.1) is 0 Å². The van der Waals surface area contributed by atoms with Crippen LogP contribution in [0.25, 0.3) is 22.4 Å². The summed E-state index contributed by atoms with van der Waals surface area (Å²) in [5.74, 6) is -0.246. The van der Waals surface area contributed by atoms with Gasteiger partial charge < -0.3 is 14.6 Å². The highest BCUT2D eigenvalue weighted by atomic mass is 32.1. The number of hydrazine groups is 1. The number of hydrogen-bond acceptors (Lipinski definition) is 7. The van der Waals surface area contributed by atoms with Crippen LogP contribution in [0.4, 0.5) is 0 Å². The van der Waals surface area contributed by atoms with Gasteiger partial charge >= 0.3 is 0 Å². The number of ether oxygens (including phenoxy) is 1. The number of carbonyl (C=O) groups is 1. The molecule has 138 valence electrons. The third kappa shape index (κ3) is 4.55. The molecule has 0 atom stereocenters. The van der Waals surface area contributed by atoms with Crippen LogP contribution < -0.4 is 20.9 Å². The Bertz CT molecular complexity index is 960. The Labute approximate surface area is 159 Å². The van der Waals surface area contributed by atoms with Gasteiger partial charge in [-0.05, 0) is 12.2 Å². The summed E-state index contributed by atoms with van der Waals surface area (Å²) in [7, 11) is 0. The van der Waals surface area contributed by atoms with Crippen molar-refractivity contribution in [2.45, 2.75) is 0 Å². The summed E-state index contributed by atoms with van der Waals surface area (Å²) < 4.78 is 10.8. The van der Waals surface area contributed by atoms with Crippen LogP contribution in [0.5, 0.6) is 5.88 Å². The second-order valence-electron chi connectivity index (χ2n) is 5.22. The molecule has 27 heavy (non-hydrogen) atoms. The van der Waals surface area contributed by atoms with E-state index in [1.807, 2.05) is 30.3 Å². The van der Waals surface area contributed by atoms with Crippen LogP contribution in [0.1, 0.15) is 0 Å². The van der Waals surface area contributed by atoms with Gasteiger partial charge in [-0.2, -0.15) is 4.98 Å². The molecule has 1 aromatic carbocycles. The molecule has 0 saturated heterocycles. The quantitative estimate of drug-likeness (QED) is 0.329. The van der Waals surface area contributed by atoms with Crippen molar-refractivity contribution in [3.8, 4) is 17.1 Å². The molecular weight excluding hydrogens is 368 g/mol. The van der Waals surface area contributed by atoms with Gasteiger partial charge in [0.2, 0.25) is 5.88 Å². The Morgan fingerprint density at radius 1 is 1.26 bits per heavy atom. The van der Waals surface area contributed by atoms with Crippen molar-refractivity contribution in [1.29, 1.82) is 0 Å². The molecule has 2 heterocycles. The van der Waals surface area contributed by atoms with Gasteiger partial charge in [-0.25, -0.2) is 4.98 Å². The van der Waals surface area contributed by atoms with Crippen molar-refractivity contribution in [3.05, 3.63) is 49.3 Å². The summed E-state index contributed by atoms with van der Waals surface area (Å²) in [5, 5.41) is 7.61. The zero-order chi connectivity index (χ0) is 19.1. The molecule has 0 radical (unpaired) electrons. The molecule has 10 heteroatoms. The third-order valence-electron chi connectivity index (χ3n) is 3.35. The van der Waals surface area contributed by atoms with Crippen molar-refractivity contribution in [3.63, 3.8) is 0 Å². The normalized spacial score (nSPS) is 10.2.